The molecule has 1 nitrogen and oxygen atoms in total. The van der Waals surface area contributed by atoms with Crippen LogP contribution in [0.4, 0.5) is 0 Å². The normalized spacial score (nSPS) is 10.1. The average Bonchev–Trinajstić information content (AvgIpc) is 1.99. The largest absolute Gasteiger partial charge is 0.316 e. The monoisotopic (exact) mass is 325 g/mol. The van der Waals surface area contributed by atoms with Crippen molar-refractivity contribution in [1.82, 2.24) is 5.32 Å². The predicted molar refractivity (Wildman–Crippen MR) is 59.6 cm³/mol. The second kappa shape index (κ2) is 4.42. The SMILES string of the molecule is CNCc1cccc(I)c1Br. The van der Waals surface area contributed by atoms with E-state index >= 15 is 0 Å². The average molecular weight is 326 g/mol. The van der Waals surface area contributed by atoms with Gasteiger partial charge >= 0.3 is 0 Å². The highest BCUT2D eigenvalue weighted by Gasteiger charge is 2.00. The Hall–Kier alpha value is 0.390. The Balaban J connectivity index is 2.96. The van der Waals surface area contributed by atoms with E-state index < -0.39 is 0 Å². The molecular formula is C8H9BrIN. The molecule has 0 aliphatic heterocycles. The Morgan fingerprint density at radius 2 is 2.27 bits per heavy atom. The summed E-state index contributed by atoms with van der Waals surface area (Å²) in [6.07, 6.45) is 0. The van der Waals surface area contributed by atoms with Gasteiger partial charge in [-0.1, -0.05) is 12.1 Å². The highest BCUT2D eigenvalue weighted by Crippen LogP contribution is 2.22. The van der Waals surface area contributed by atoms with Crippen LogP contribution in [0, 0.1) is 3.57 Å². The van der Waals surface area contributed by atoms with Crippen LogP contribution in [0.25, 0.3) is 0 Å². The van der Waals surface area contributed by atoms with E-state index in [0.29, 0.717) is 0 Å². The number of halogens is 2. The predicted octanol–water partition coefficient (Wildman–Crippen LogP) is 2.77. The highest BCUT2D eigenvalue weighted by atomic mass is 127. The van der Waals surface area contributed by atoms with Gasteiger partial charge in [-0.25, -0.2) is 0 Å². The molecule has 0 aromatic heterocycles. The van der Waals surface area contributed by atoms with Gasteiger partial charge in [-0.05, 0) is 57.2 Å². The van der Waals surface area contributed by atoms with Gasteiger partial charge in [-0.15, -0.1) is 0 Å². The van der Waals surface area contributed by atoms with Crippen LogP contribution in [-0.4, -0.2) is 7.05 Å². The number of rotatable bonds is 2. The molecule has 0 spiro atoms. The van der Waals surface area contributed by atoms with E-state index in [9.17, 15) is 0 Å². The van der Waals surface area contributed by atoms with Gasteiger partial charge in [-0.2, -0.15) is 0 Å². The van der Waals surface area contributed by atoms with Crippen molar-refractivity contribution in [3.05, 3.63) is 31.8 Å². The van der Waals surface area contributed by atoms with Crippen molar-refractivity contribution in [3.8, 4) is 0 Å². The van der Waals surface area contributed by atoms with Crippen molar-refractivity contribution >= 4 is 38.5 Å². The summed E-state index contributed by atoms with van der Waals surface area (Å²) in [6.45, 7) is 0.914. The number of benzene rings is 1. The third kappa shape index (κ3) is 2.42. The molecule has 0 amide bonds. The molecule has 60 valence electrons. The lowest BCUT2D eigenvalue weighted by Gasteiger charge is -2.04. The van der Waals surface area contributed by atoms with Crippen molar-refractivity contribution in [2.75, 3.05) is 7.05 Å². The van der Waals surface area contributed by atoms with Gasteiger partial charge in [-0.3, -0.25) is 0 Å². The van der Waals surface area contributed by atoms with E-state index in [1.807, 2.05) is 7.05 Å². The maximum atomic E-state index is 3.53. The second-order valence-electron chi connectivity index (χ2n) is 2.24. The number of nitrogens with one attached hydrogen (secondary N) is 1. The van der Waals surface area contributed by atoms with Crippen LogP contribution < -0.4 is 5.32 Å². The van der Waals surface area contributed by atoms with Gasteiger partial charge in [0.05, 0.1) is 0 Å². The molecule has 0 aliphatic carbocycles. The highest BCUT2D eigenvalue weighted by molar-refractivity contribution is 14.1. The minimum Gasteiger partial charge on any atom is -0.316 e. The summed E-state index contributed by atoms with van der Waals surface area (Å²) < 4.78 is 2.46. The van der Waals surface area contributed by atoms with Gasteiger partial charge in [0, 0.05) is 14.6 Å². The van der Waals surface area contributed by atoms with E-state index in [2.05, 4.69) is 62.0 Å². The summed E-state index contributed by atoms with van der Waals surface area (Å²) in [5.74, 6) is 0. The quantitative estimate of drug-likeness (QED) is 0.824. The standard InChI is InChI=1S/C8H9BrIN/c1-11-5-6-3-2-4-7(10)8(6)9/h2-4,11H,5H2,1H3. The summed E-state index contributed by atoms with van der Waals surface area (Å²) in [7, 11) is 1.95. The summed E-state index contributed by atoms with van der Waals surface area (Å²) in [4.78, 5) is 0. The van der Waals surface area contributed by atoms with Crippen LogP contribution >= 0.6 is 38.5 Å². The first kappa shape index (κ1) is 9.48. The Kier molecular flexibility index (Phi) is 3.81. The molecule has 0 saturated heterocycles. The minimum atomic E-state index is 0.914. The van der Waals surface area contributed by atoms with Crippen LogP contribution in [0.15, 0.2) is 22.7 Å². The first-order chi connectivity index (χ1) is 5.25. The third-order valence-electron chi connectivity index (χ3n) is 1.40. The lowest BCUT2D eigenvalue weighted by molar-refractivity contribution is 0.813. The van der Waals surface area contributed by atoms with Gasteiger partial charge in [0.25, 0.3) is 0 Å². The van der Waals surface area contributed by atoms with E-state index in [0.717, 1.165) is 6.54 Å². The molecule has 3 heteroatoms. The van der Waals surface area contributed by atoms with Crippen LogP contribution in [-0.2, 0) is 6.54 Å². The first-order valence-electron chi connectivity index (χ1n) is 3.33. The molecule has 0 bridgehead atoms. The minimum absolute atomic E-state index is 0.914. The topological polar surface area (TPSA) is 12.0 Å². The third-order valence-corrected chi connectivity index (χ3v) is 3.98. The molecule has 0 radical (unpaired) electrons. The van der Waals surface area contributed by atoms with Crippen molar-refractivity contribution in [2.24, 2.45) is 0 Å². The zero-order valence-corrected chi connectivity index (χ0v) is 9.94. The molecule has 1 aromatic carbocycles. The Morgan fingerprint density at radius 1 is 1.55 bits per heavy atom. The summed E-state index contributed by atoms with van der Waals surface area (Å²) >= 11 is 5.85. The summed E-state index contributed by atoms with van der Waals surface area (Å²) in [5.41, 5.74) is 1.31. The molecule has 1 aromatic rings. The van der Waals surface area contributed by atoms with Crippen molar-refractivity contribution in [2.45, 2.75) is 6.54 Å². The van der Waals surface area contributed by atoms with Crippen molar-refractivity contribution < 1.29 is 0 Å². The van der Waals surface area contributed by atoms with Gasteiger partial charge in [0.2, 0.25) is 0 Å². The number of hydrogen-bond donors (Lipinski definition) is 1. The van der Waals surface area contributed by atoms with E-state index in [1.165, 1.54) is 13.6 Å². The van der Waals surface area contributed by atoms with Gasteiger partial charge in [0.15, 0.2) is 0 Å². The van der Waals surface area contributed by atoms with E-state index in [1.54, 1.807) is 0 Å². The van der Waals surface area contributed by atoms with E-state index in [-0.39, 0.29) is 0 Å². The van der Waals surface area contributed by atoms with Crippen LogP contribution in [0.3, 0.4) is 0 Å². The first-order valence-corrected chi connectivity index (χ1v) is 5.20. The maximum Gasteiger partial charge on any atom is 0.0353 e. The zero-order chi connectivity index (χ0) is 8.27. The summed E-state index contributed by atoms with van der Waals surface area (Å²) in [6, 6.07) is 6.27. The Bertz CT molecular complexity index is 250. The van der Waals surface area contributed by atoms with Crippen LogP contribution in [0.1, 0.15) is 5.56 Å². The molecule has 11 heavy (non-hydrogen) atoms. The fourth-order valence-electron chi connectivity index (χ4n) is 0.875. The summed E-state index contributed by atoms with van der Waals surface area (Å²) in [5, 5.41) is 3.12. The molecule has 0 heterocycles. The smallest absolute Gasteiger partial charge is 0.0353 e. The lowest BCUT2D eigenvalue weighted by Crippen LogP contribution is -2.05. The lowest BCUT2D eigenvalue weighted by atomic mass is 10.2. The molecule has 0 aliphatic rings. The maximum absolute atomic E-state index is 3.53. The Labute approximate surface area is 88.8 Å². The zero-order valence-electron chi connectivity index (χ0n) is 6.20. The number of hydrogen-bond acceptors (Lipinski definition) is 1. The second-order valence-corrected chi connectivity index (χ2v) is 4.20. The van der Waals surface area contributed by atoms with Crippen LogP contribution in [0.5, 0.6) is 0 Å². The molecule has 1 rings (SSSR count). The fourth-order valence-corrected chi connectivity index (χ4v) is 1.83. The molecule has 1 N–H and O–H groups in total. The van der Waals surface area contributed by atoms with Crippen molar-refractivity contribution in [3.63, 3.8) is 0 Å². The molecule has 0 saturated carbocycles. The molecule has 0 unspecified atom stereocenters. The fraction of sp³-hybridized carbons (Fsp3) is 0.250. The van der Waals surface area contributed by atoms with Crippen LogP contribution in [0.2, 0.25) is 0 Å². The molecule has 0 atom stereocenters. The Morgan fingerprint density at radius 3 is 2.91 bits per heavy atom. The molecular weight excluding hydrogens is 317 g/mol. The van der Waals surface area contributed by atoms with E-state index in [4.69, 9.17) is 0 Å². The molecule has 0 fully saturated rings. The van der Waals surface area contributed by atoms with Gasteiger partial charge < -0.3 is 5.32 Å². The van der Waals surface area contributed by atoms with Gasteiger partial charge in [0.1, 0.15) is 0 Å². The van der Waals surface area contributed by atoms with Crippen molar-refractivity contribution in [1.29, 1.82) is 0 Å².